The van der Waals surface area contributed by atoms with Crippen molar-refractivity contribution in [3.63, 3.8) is 0 Å². The number of sulfonamides is 1. The molecule has 0 aliphatic heterocycles. The number of aryl methyl sites for hydroxylation is 2. The number of nitrogens with zero attached hydrogens (tertiary/aromatic N) is 1. The van der Waals surface area contributed by atoms with Crippen LogP contribution in [0.3, 0.4) is 0 Å². The van der Waals surface area contributed by atoms with Gasteiger partial charge in [-0.15, -0.1) is 0 Å². The maximum atomic E-state index is 12.6. The summed E-state index contributed by atoms with van der Waals surface area (Å²) in [4.78, 5) is 12.6. The van der Waals surface area contributed by atoms with Crippen LogP contribution in [0.1, 0.15) is 24.5 Å². The Hall–Kier alpha value is -2.25. The normalized spacial score (nSPS) is 12.3. The molecule has 0 saturated carbocycles. The summed E-state index contributed by atoms with van der Waals surface area (Å²) in [5.74, 6) is 0.0587. The molecule has 6 nitrogen and oxygen atoms in total. The standard InChI is InChI=1S/C21H27ClN2O4S/c1-15-7-9-17(10-8-15)6-5-13-23-21(25)16(2)24(29(4,26)27)18-11-12-20(28-3)19(22)14-18/h7-12,14,16H,5-6,13H2,1-4H3,(H,23,25)/t16-/m0/s1. The quantitative estimate of drug-likeness (QED) is 0.607. The van der Waals surface area contributed by atoms with Crippen molar-refractivity contribution in [2.24, 2.45) is 0 Å². The van der Waals surface area contributed by atoms with Crippen LogP contribution in [-0.2, 0) is 21.2 Å². The first-order valence-electron chi connectivity index (χ1n) is 9.29. The van der Waals surface area contributed by atoms with Crippen LogP contribution in [0.25, 0.3) is 0 Å². The van der Waals surface area contributed by atoms with E-state index < -0.39 is 16.1 Å². The topological polar surface area (TPSA) is 75.7 Å². The van der Waals surface area contributed by atoms with Gasteiger partial charge in [0.05, 0.1) is 24.1 Å². The molecule has 1 N–H and O–H groups in total. The van der Waals surface area contributed by atoms with E-state index in [9.17, 15) is 13.2 Å². The molecule has 0 aliphatic carbocycles. The Morgan fingerprint density at radius 1 is 1.21 bits per heavy atom. The average Bonchev–Trinajstić information content (AvgIpc) is 2.65. The van der Waals surface area contributed by atoms with Crippen molar-refractivity contribution in [1.82, 2.24) is 5.32 Å². The zero-order chi connectivity index (χ0) is 21.6. The van der Waals surface area contributed by atoms with Crippen molar-refractivity contribution in [2.75, 3.05) is 24.2 Å². The number of anilines is 1. The van der Waals surface area contributed by atoms with E-state index in [-0.39, 0.29) is 10.9 Å². The number of ether oxygens (including phenoxy) is 1. The summed E-state index contributed by atoms with van der Waals surface area (Å²) >= 11 is 6.13. The molecule has 0 saturated heterocycles. The molecular weight excluding hydrogens is 412 g/mol. The Kier molecular flexibility index (Phi) is 7.93. The number of rotatable bonds is 9. The van der Waals surface area contributed by atoms with Gasteiger partial charge in [0.2, 0.25) is 15.9 Å². The Morgan fingerprint density at radius 3 is 2.41 bits per heavy atom. The SMILES string of the molecule is COc1ccc(N([C@@H](C)C(=O)NCCCc2ccc(C)cc2)S(C)(=O)=O)cc1Cl. The molecule has 1 amide bonds. The van der Waals surface area contributed by atoms with Gasteiger partial charge in [-0.2, -0.15) is 0 Å². The van der Waals surface area contributed by atoms with E-state index in [0.29, 0.717) is 18.0 Å². The molecule has 0 fully saturated rings. The molecular formula is C21H27ClN2O4S. The summed E-state index contributed by atoms with van der Waals surface area (Å²) < 4.78 is 30.9. The number of carbonyl (C=O) groups is 1. The van der Waals surface area contributed by atoms with E-state index in [0.717, 1.165) is 23.4 Å². The minimum atomic E-state index is -3.70. The Bertz CT molecular complexity index is 946. The lowest BCUT2D eigenvalue weighted by Crippen LogP contribution is -2.48. The number of nitrogens with one attached hydrogen (secondary N) is 1. The molecule has 158 valence electrons. The van der Waals surface area contributed by atoms with Crippen molar-refractivity contribution in [3.05, 3.63) is 58.6 Å². The number of amides is 1. The van der Waals surface area contributed by atoms with Crippen LogP contribution in [0.4, 0.5) is 5.69 Å². The van der Waals surface area contributed by atoms with Crippen molar-refractivity contribution in [1.29, 1.82) is 0 Å². The highest BCUT2D eigenvalue weighted by atomic mass is 35.5. The van der Waals surface area contributed by atoms with Crippen molar-refractivity contribution in [3.8, 4) is 5.75 Å². The molecule has 0 spiro atoms. The molecule has 0 heterocycles. The largest absolute Gasteiger partial charge is 0.495 e. The summed E-state index contributed by atoms with van der Waals surface area (Å²) in [7, 11) is -2.23. The monoisotopic (exact) mass is 438 g/mol. The fraction of sp³-hybridized carbons (Fsp3) is 0.381. The van der Waals surface area contributed by atoms with Gasteiger partial charge in [-0.25, -0.2) is 8.42 Å². The number of methoxy groups -OCH3 is 1. The highest BCUT2D eigenvalue weighted by Crippen LogP contribution is 2.31. The molecule has 0 aliphatic rings. The van der Waals surface area contributed by atoms with Gasteiger partial charge in [0.25, 0.3) is 0 Å². The summed E-state index contributed by atoms with van der Waals surface area (Å²) in [6, 6.07) is 11.9. The maximum Gasteiger partial charge on any atom is 0.243 e. The van der Waals surface area contributed by atoms with Crippen molar-refractivity contribution >= 4 is 33.2 Å². The van der Waals surface area contributed by atoms with Crippen molar-refractivity contribution < 1.29 is 17.9 Å². The molecule has 0 aromatic heterocycles. The number of hydrogen-bond donors (Lipinski definition) is 1. The minimum Gasteiger partial charge on any atom is -0.495 e. The highest BCUT2D eigenvalue weighted by molar-refractivity contribution is 7.92. The van der Waals surface area contributed by atoms with Gasteiger partial charge >= 0.3 is 0 Å². The molecule has 0 radical (unpaired) electrons. The van der Waals surface area contributed by atoms with Gasteiger partial charge in [-0.1, -0.05) is 41.4 Å². The van der Waals surface area contributed by atoms with Gasteiger partial charge in [-0.05, 0) is 50.5 Å². The third kappa shape index (κ3) is 6.37. The smallest absolute Gasteiger partial charge is 0.243 e. The van der Waals surface area contributed by atoms with Gasteiger partial charge in [0, 0.05) is 6.54 Å². The zero-order valence-corrected chi connectivity index (χ0v) is 18.7. The molecule has 29 heavy (non-hydrogen) atoms. The highest BCUT2D eigenvalue weighted by Gasteiger charge is 2.29. The average molecular weight is 439 g/mol. The first-order chi connectivity index (χ1) is 13.6. The van der Waals surface area contributed by atoms with Gasteiger partial charge in [0.1, 0.15) is 11.8 Å². The van der Waals surface area contributed by atoms with E-state index in [1.807, 2.05) is 6.92 Å². The predicted molar refractivity (Wildman–Crippen MR) is 117 cm³/mol. The molecule has 1 atom stereocenters. The van der Waals surface area contributed by atoms with Crippen LogP contribution in [0.5, 0.6) is 5.75 Å². The minimum absolute atomic E-state index is 0.268. The third-order valence-electron chi connectivity index (χ3n) is 4.54. The number of benzene rings is 2. The number of carbonyl (C=O) groups excluding carboxylic acids is 1. The van der Waals surface area contributed by atoms with Crippen LogP contribution in [0.15, 0.2) is 42.5 Å². The second-order valence-corrected chi connectivity index (χ2v) is 9.20. The van der Waals surface area contributed by atoms with E-state index in [2.05, 4.69) is 29.6 Å². The molecule has 2 aromatic rings. The lowest BCUT2D eigenvalue weighted by atomic mass is 10.1. The molecule has 2 aromatic carbocycles. The van der Waals surface area contributed by atoms with Crippen LogP contribution >= 0.6 is 11.6 Å². The van der Waals surface area contributed by atoms with E-state index in [4.69, 9.17) is 16.3 Å². The lowest BCUT2D eigenvalue weighted by Gasteiger charge is -2.28. The Labute approximate surface area is 177 Å². The fourth-order valence-corrected chi connectivity index (χ4v) is 4.43. The van der Waals surface area contributed by atoms with Crippen LogP contribution in [0, 0.1) is 6.92 Å². The first-order valence-corrected chi connectivity index (χ1v) is 11.5. The second kappa shape index (κ2) is 9.98. The Balaban J connectivity index is 2.03. The van der Waals surface area contributed by atoms with E-state index in [1.54, 1.807) is 19.1 Å². The zero-order valence-electron chi connectivity index (χ0n) is 17.1. The van der Waals surface area contributed by atoms with Gasteiger partial charge < -0.3 is 10.1 Å². The summed E-state index contributed by atoms with van der Waals surface area (Å²) in [5.41, 5.74) is 2.71. The summed E-state index contributed by atoms with van der Waals surface area (Å²) in [6.45, 7) is 4.04. The maximum absolute atomic E-state index is 12.6. The van der Waals surface area contributed by atoms with Gasteiger partial charge in [-0.3, -0.25) is 9.10 Å². The van der Waals surface area contributed by atoms with Crippen LogP contribution in [-0.4, -0.2) is 40.3 Å². The summed E-state index contributed by atoms with van der Waals surface area (Å²) in [5, 5.41) is 3.09. The predicted octanol–water partition coefficient (Wildman–Crippen LogP) is 3.56. The second-order valence-electron chi connectivity index (χ2n) is 6.93. The third-order valence-corrected chi connectivity index (χ3v) is 6.08. The van der Waals surface area contributed by atoms with Crippen LogP contribution < -0.4 is 14.4 Å². The first kappa shape index (κ1) is 23.0. The molecule has 2 rings (SSSR count). The number of hydrogen-bond acceptors (Lipinski definition) is 4. The molecule has 0 bridgehead atoms. The molecule has 0 unspecified atom stereocenters. The van der Waals surface area contributed by atoms with Crippen molar-refractivity contribution in [2.45, 2.75) is 32.7 Å². The molecule has 8 heteroatoms. The van der Waals surface area contributed by atoms with Gasteiger partial charge in [0.15, 0.2) is 0 Å². The van der Waals surface area contributed by atoms with Crippen LogP contribution in [0.2, 0.25) is 5.02 Å². The van der Waals surface area contributed by atoms with E-state index >= 15 is 0 Å². The van der Waals surface area contributed by atoms with E-state index in [1.165, 1.54) is 24.3 Å². The fourth-order valence-electron chi connectivity index (χ4n) is 3.01. The Morgan fingerprint density at radius 2 is 1.86 bits per heavy atom. The number of halogens is 1. The summed E-state index contributed by atoms with van der Waals surface area (Å²) in [6.07, 6.45) is 2.65. The lowest BCUT2D eigenvalue weighted by molar-refractivity contribution is -0.121.